The molecule has 4 aromatic rings. The van der Waals surface area contributed by atoms with Gasteiger partial charge in [0.1, 0.15) is 0 Å². The summed E-state index contributed by atoms with van der Waals surface area (Å²) in [6.07, 6.45) is 10.1. The third-order valence-corrected chi connectivity index (χ3v) is 5.58. The Labute approximate surface area is 169 Å². The van der Waals surface area contributed by atoms with Crippen molar-refractivity contribution in [2.75, 3.05) is 5.32 Å². The number of anilines is 1. The third-order valence-electron chi connectivity index (χ3n) is 5.58. The van der Waals surface area contributed by atoms with E-state index in [9.17, 15) is 4.79 Å². The molecule has 1 N–H and O–H groups in total. The summed E-state index contributed by atoms with van der Waals surface area (Å²) in [5, 5.41) is 11.9. The normalized spacial score (nSPS) is 13.7. The zero-order chi connectivity index (χ0) is 20.0. The Kier molecular flexibility index (Phi) is 4.19. The number of nitrogens with one attached hydrogen (secondary N) is 1. The zero-order valence-corrected chi connectivity index (χ0v) is 16.6. The number of fused-ring (bicyclic) bond motifs is 1. The van der Waals surface area contributed by atoms with Gasteiger partial charge in [-0.3, -0.25) is 9.48 Å². The van der Waals surface area contributed by atoms with E-state index in [4.69, 9.17) is 0 Å². The highest BCUT2D eigenvalue weighted by Gasteiger charge is 2.22. The van der Waals surface area contributed by atoms with Crippen LogP contribution >= 0.6 is 0 Å². The van der Waals surface area contributed by atoms with Gasteiger partial charge < -0.3 is 5.32 Å². The molecule has 1 amide bonds. The number of benzene rings is 1. The lowest BCUT2D eigenvalue weighted by atomic mass is 9.99. The van der Waals surface area contributed by atoms with Crippen LogP contribution in [0.15, 0.2) is 55.1 Å². The fourth-order valence-corrected chi connectivity index (χ4v) is 3.76. The van der Waals surface area contributed by atoms with Gasteiger partial charge in [0, 0.05) is 30.2 Å². The molecular formula is C23H23N5O. The van der Waals surface area contributed by atoms with Gasteiger partial charge in [-0.1, -0.05) is 12.1 Å². The quantitative estimate of drug-likeness (QED) is 0.551. The van der Waals surface area contributed by atoms with Crippen LogP contribution in [-0.4, -0.2) is 25.3 Å². The van der Waals surface area contributed by atoms with Crippen molar-refractivity contribution in [3.63, 3.8) is 0 Å². The predicted molar refractivity (Wildman–Crippen MR) is 113 cm³/mol. The van der Waals surface area contributed by atoms with Crippen molar-refractivity contribution >= 4 is 17.1 Å². The van der Waals surface area contributed by atoms with E-state index in [0.29, 0.717) is 5.56 Å². The Bertz CT molecular complexity index is 1220. The van der Waals surface area contributed by atoms with E-state index in [1.54, 1.807) is 10.7 Å². The van der Waals surface area contributed by atoms with Gasteiger partial charge in [-0.25, -0.2) is 4.52 Å². The number of nitrogens with zero attached hydrogens (tertiary/aromatic N) is 4. The van der Waals surface area contributed by atoms with Crippen LogP contribution in [0.4, 0.5) is 5.69 Å². The minimum absolute atomic E-state index is 0.159. The highest BCUT2D eigenvalue weighted by molar-refractivity contribution is 6.09. The maximum Gasteiger partial charge on any atom is 0.259 e. The average molecular weight is 385 g/mol. The van der Waals surface area contributed by atoms with Gasteiger partial charge in [-0.05, 0) is 67.5 Å². The van der Waals surface area contributed by atoms with Crippen LogP contribution in [0.3, 0.4) is 0 Å². The number of aromatic nitrogens is 4. The van der Waals surface area contributed by atoms with E-state index in [2.05, 4.69) is 34.7 Å². The van der Waals surface area contributed by atoms with Gasteiger partial charge in [0.2, 0.25) is 0 Å². The van der Waals surface area contributed by atoms with Crippen LogP contribution in [0.5, 0.6) is 0 Å². The Hall–Kier alpha value is -3.41. The van der Waals surface area contributed by atoms with E-state index in [0.717, 1.165) is 40.4 Å². The van der Waals surface area contributed by atoms with E-state index < -0.39 is 0 Å². The van der Waals surface area contributed by atoms with Crippen molar-refractivity contribution in [2.45, 2.75) is 33.2 Å². The number of hydrogen-bond donors (Lipinski definition) is 1. The van der Waals surface area contributed by atoms with Crippen LogP contribution < -0.4 is 5.32 Å². The molecule has 0 atom stereocenters. The van der Waals surface area contributed by atoms with Crippen LogP contribution in [0.2, 0.25) is 0 Å². The average Bonchev–Trinajstić information content (AvgIpc) is 3.23. The molecule has 1 aromatic carbocycles. The van der Waals surface area contributed by atoms with E-state index in [1.165, 1.54) is 18.4 Å². The Morgan fingerprint density at radius 1 is 1.14 bits per heavy atom. The van der Waals surface area contributed by atoms with Crippen LogP contribution in [0.1, 0.15) is 34.3 Å². The van der Waals surface area contributed by atoms with Gasteiger partial charge in [-0.15, -0.1) is 0 Å². The van der Waals surface area contributed by atoms with E-state index >= 15 is 0 Å². The number of carbonyl (C=O) groups excluding carboxylic acids is 1. The maximum atomic E-state index is 12.9. The first kappa shape index (κ1) is 17.7. The first-order valence-electron chi connectivity index (χ1n) is 9.96. The largest absolute Gasteiger partial charge is 0.322 e. The minimum Gasteiger partial charge on any atom is -0.322 e. The molecule has 0 unspecified atom stereocenters. The van der Waals surface area contributed by atoms with Gasteiger partial charge in [0.15, 0.2) is 0 Å². The molecule has 0 spiro atoms. The summed E-state index contributed by atoms with van der Waals surface area (Å²) in [7, 11) is 0. The van der Waals surface area contributed by atoms with Crippen LogP contribution in [-0.2, 0) is 6.54 Å². The number of amides is 1. The highest BCUT2D eigenvalue weighted by Crippen LogP contribution is 2.32. The molecule has 3 aromatic heterocycles. The SMILES string of the molecule is Cc1cc(C)c(-c2cnn(CC3CC3)c2)cc1NC(=O)c1cnn2ccccc12. The summed E-state index contributed by atoms with van der Waals surface area (Å²) < 4.78 is 3.74. The van der Waals surface area contributed by atoms with Crippen molar-refractivity contribution in [1.29, 1.82) is 0 Å². The fourth-order valence-electron chi connectivity index (χ4n) is 3.76. The van der Waals surface area contributed by atoms with Crippen molar-refractivity contribution in [3.05, 3.63) is 71.8 Å². The molecule has 0 radical (unpaired) electrons. The number of carbonyl (C=O) groups is 1. The van der Waals surface area contributed by atoms with Gasteiger partial charge in [-0.2, -0.15) is 10.2 Å². The van der Waals surface area contributed by atoms with Gasteiger partial charge >= 0.3 is 0 Å². The van der Waals surface area contributed by atoms with Gasteiger partial charge in [0.25, 0.3) is 5.91 Å². The maximum absolute atomic E-state index is 12.9. The molecule has 0 aliphatic heterocycles. The smallest absolute Gasteiger partial charge is 0.259 e. The summed E-state index contributed by atoms with van der Waals surface area (Å²) in [5.41, 5.74) is 6.52. The summed E-state index contributed by atoms with van der Waals surface area (Å²) in [5.74, 6) is 0.621. The number of aryl methyl sites for hydroxylation is 2. The second kappa shape index (κ2) is 6.88. The van der Waals surface area contributed by atoms with Crippen LogP contribution in [0, 0.1) is 19.8 Å². The lowest BCUT2D eigenvalue weighted by Gasteiger charge is -2.12. The Morgan fingerprint density at radius 3 is 2.83 bits per heavy atom. The first-order chi connectivity index (χ1) is 14.1. The molecule has 6 heteroatoms. The molecule has 146 valence electrons. The lowest BCUT2D eigenvalue weighted by Crippen LogP contribution is -2.13. The molecule has 5 rings (SSSR count). The monoisotopic (exact) mass is 385 g/mol. The predicted octanol–water partition coefficient (Wildman–Crippen LogP) is 4.48. The molecule has 1 aliphatic rings. The molecule has 6 nitrogen and oxygen atoms in total. The molecule has 1 fully saturated rings. The zero-order valence-electron chi connectivity index (χ0n) is 16.6. The molecule has 29 heavy (non-hydrogen) atoms. The standard InChI is InChI=1S/C23H23N5O/c1-15-9-16(2)21(10-19(15)18-11-24-27(14-18)13-17-6-7-17)26-23(29)20-12-25-28-8-4-3-5-22(20)28/h3-5,8-12,14,17H,6-7,13H2,1-2H3,(H,26,29). The number of pyridine rings is 1. The van der Waals surface area contributed by atoms with Crippen molar-refractivity contribution < 1.29 is 4.79 Å². The molecule has 1 aliphatic carbocycles. The summed E-state index contributed by atoms with van der Waals surface area (Å²) in [6.45, 7) is 5.10. The summed E-state index contributed by atoms with van der Waals surface area (Å²) in [6, 6.07) is 9.85. The second-order valence-corrected chi connectivity index (χ2v) is 7.92. The minimum atomic E-state index is -0.159. The Balaban J connectivity index is 1.44. The van der Waals surface area contributed by atoms with E-state index in [-0.39, 0.29) is 5.91 Å². The molecule has 0 bridgehead atoms. The Morgan fingerprint density at radius 2 is 2.00 bits per heavy atom. The number of rotatable bonds is 5. The highest BCUT2D eigenvalue weighted by atomic mass is 16.1. The van der Waals surface area contributed by atoms with E-state index in [1.807, 2.05) is 48.3 Å². The molecule has 3 heterocycles. The summed E-state index contributed by atoms with van der Waals surface area (Å²) >= 11 is 0. The lowest BCUT2D eigenvalue weighted by molar-refractivity contribution is 0.102. The third kappa shape index (κ3) is 3.42. The fraction of sp³-hybridized carbons (Fsp3) is 0.261. The van der Waals surface area contributed by atoms with Gasteiger partial charge in [0.05, 0.1) is 23.5 Å². The second-order valence-electron chi connectivity index (χ2n) is 7.92. The molecule has 1 saturated carbocycles. The molecule has 0 saturated heterocycles. The molecular weight excluding hydrogens is 362 g/mol. The topological polar surface area (TPSA) is 64.2 Å². The summed E-state index contributed by atoms with van der Waals surface area (Å²) in [4.78, 5) is 12.9. The van der Waals surface area contributed by atoms with Crippen molar-refractivity contribution in [1.82, 2.24) is 19.4 Å². The van der Waals surface area contributed by atoms with Crippen LogP contribution in [0.25, 0.3) is 16.6 Å². The van der Waals surface area contributed by atoms with Crippen molar-refractivity contribution in [3.8, 4) is 11.1 Å². The van der Waals surface area contributed by atoms with Crippen molar-refractivity contribution in [2.24, 2.45) is 5.92 Å². The number of hydrogen-bond acceptors (Lipinski definition) is 3. The first-order valence-corrected chi connectivity index (χ1v) is 9.96.